The highest BCUT2D eigenvalue weighted by atomic mass is 35.5. The van der Waals surface area contributed by atoms with Gasteiger partial charge in [0.25, 0.3) is 0 Å². The number of hydrogen-bond donors (Lipinski definition) is 1. The van der Waals surface area contributed by atoms with Gasteiger partial charge in [0.1, 0.15) is 6.54 Å². The fourth-order valence-corrected chi connectivity index (χ4v) is 2.79. The summed E-state index contributed by atoms with van der Waals surface area (Å²) in [5, 5.41) is 15.7. The van der Waals surface area contributed by atoms with Gasteiger partial charge >= 0.3 is 0 Å². The van der Waals surface area contributed by atoms with Gasteiger partial charge in [0.05, 0.1) is 15.7 Å². The highest BCUT2D eigenvalue weighted by Gasteiger charge is 2.14. The van der Waals surface area contributed by atoms with Crippen LogP contribution >= 0.6 is 23.2 Å². The summed E-state index contributed by atoms with van der Waals surface area (Å²) in [6, 6.07) is 11.2. The summed E-state index contributed by atoms with van der Waals surface area (Å²) in [5.41, 5.74) is 3.11. The predicted octanol–water partition coefficient (Wildman–Crippen LogP) is 3.90. The SMILES string of the molecule is Cc1ccccc1-c1nnn(CC(=O)Nc2c(Cl)ccc(C)c2Cl)n1. The first-order valence-corrected chi connectivity index (χ1v) is 8.29. The Morgan fingerprint density at radius 1 is 1.12 bits per heavy atom. The average molecular weight is 376 g/mol. The zero-order valence-electron chi connectivity index (χ0n) is 13.6. The Kier molecular flexibility index (Phi) is 5.01. The fourth-order valence-electron chi connectivity index (χ4n) is 2.32. The topological polar surface area (TPSA) is 72.7 Å². The fraction of sp³-hybridized carbons (Fsp3) is 0.176. The van der Waals surface area contributed by atoms with Crippen molar-refractivity contribution < 1.29 is 4.79 Å². The summed E-state index contributed by atoms with van der Waals surface area (Å²) in [5.74, 6) is 0.126. The van der Waals surface area contributed by atoms with Crippen LogP contribution in [-0.2, 0) is 11.3 Å². The molecule has 0 saturated heterocycles. The molecule has 0 radical (unpaired) electrons. The van der Waals surface area contributed by atoms with E-state index in [-0.39, 0.29) is 12.5 Å². The molecule has 1 heterocycles. The molecule has 1 N–H and O–H groups in total. The number of rotatable bonds is 4. The van der Waals surface area contributed by atoms with Crippen molar-refractivity contribution in [3.05, 3.63) is 57.6 Å². The predicted molar refractivity (Wildman–Crippen MR) is 97.8 cm³/mol. The number of carbonyl (C=O) groups excluding carboxylic acids is 1. The third-order valence-electron chi connectivity index (χ3n) is 3.67. The maximum atomic E-state index is 12.3. The van der Waals surface area contributed by atoms with Crippen molar-refractivity contribution >= 4 is 34.8 Å². The highest BCUT2D eigenvalue weighted by Crippen LogP contribution is 2.32. The van der Waals surface area contributed by atoms with Crippen molar-refractivity contribution in [1.82, 2.24) is 20.2 Å². The maximum absolute atomic E-state index is 12.3. The third-order valence-corrected chi connectivity index (χ3v) is 4.47. The molecule has 3 rings (SSSR count). The molecule has 1 amide bonds. The van der Waals surface area contributed by atoms with Crippen LogP contribution in [0.25, 0.3) is 11.4 Å². The van der Waals surface area contributed by atoms with E-state index in [0.717, 1.165) is 16.7 Å². The number of anilines is 1. The van der Waals surface area contributed by atoms with Crippen molar-refractivity contribution in [2.24, 2.45) is 0 Å². The highest BCUT2D eigenvalue weighted by molar-refractivity contribution is 6.40. The number of aryl methyl sites for hydroxylation is 2. The lowest BCUT2D eigenvalue weighted by Gasteiger charge is -2.10. The molecule has 0 spiro atoms. The van der Waals surface area contributed by atoms with Crippen molar-refractivity contribution in [2.45, 2.75) is 20.4 Å². The van der Waals surface area contributed by atoms with E-state index < -0.39 is 0 Å². The molecule has 0 fully saturated rings. The quantitative estimate of drug-likeness (QED) is 0.750. The monoisotopic (exact) mass is 375 g/mol. The zero-order chi connectivity index (χ0) is 18.0. The Balaban J connectivity index is 1.75. The van der Waals surface area contributed by atoms with Crippen LogP contribution in [0.15, 0.2) is 36.4 Å². The van der Waals surface area contributed by atoms with E-state index in [9.17, 15) is 4.79 Å². The van der Waals surface area contributed by atoms with E-state index in [0.29, 0.717) is 21.6 Å². The number of carbonyl (C=O) groups is 1. The van der Waals surface area contributed by atoms with Gasteiger partial charge in [-0.15, -0.1) is 10.2 Å². The minimum Gasteiger partial charge on any atom is -0.322 e. The molecule has 0 unspecified atom stereocenters. The van der Waals surface area contributed by atoms with Crippen molar-refractivity contribution in [2.75, 3.05) is 5.32 Å². The van der Waals surface area contributed by atoms with E-state index in [1.807, 2.05) is 38.1 Å². The van der Waals surface area contributed by atoms with Crippen molar-refractivity contribution in [3.8, 4) is 11.4 Å². The molecule has 0 aliphatic heterocycles. The van der Waals surface area contributed by atoms with E-state index in [2.05, 4.69) is 20.7 Å². The van der Waals surface area contributed by atoms with Gasteiger partial charge in [-0.1, -0.05) is 53.5 Å². The van der Waals surface area contributed by atoms with Crippen LogP contribution in [-0.4, -0.2) is 26.1 Å². The number of amides is 1. The Hall–Kier alpha value is -2.44. The second-order valence-electron chi connectivity index (χ2n) is 5.56. The van der Waals surface area contributed by atoms with Gasteiger partial charge in [0.2, 0.25) is 11.7 Å². The summed E-state index contributed by atoms with van der Waals surface area (Å²) in [6.45, 7) is 3.70. The third kappa shape index (κ3) is 3.81. The molecular weight excluding hydrogens is 361 g/mol. The van der Waals surface area contributed by atoms with Crippen molar-refractivity contribution in [3.63, 3.8) is 0 Å². The minimum absolute atomic E-state index is 0.0977. The number of aromatic nitrogens is 4. The molecule has 0 atom stereocenters. The van der Waals surface area contributed by atoms with Crippen LogP contribution in [0.4, 0.5) is 5.69 Å². The van der Waals surface area contributed by atoms with Crippen LogP contribution in [0.1, 0.15) is 11.1 Å². The van der Waals surface area contributed by atoms with Crippen LogP contribution < -0.4 is 5.32 Å². The lowest BCUT2D eigenvalue weighted by atomic mass is 10.1. The second-order valence-corrected chi connectivity index (χ2v) is 6.34. The maximum Gasteiger partial charge on any atom is 0.248 e. The molecular formula is C17H15Cl2N5O. The molecule has 6 nitrogen and oxygen atoms in total. The summed E-state index contributed by atoms with van der Waals surface area (Å²) < 4.78 is 0. The first-order chi connectivity index (χ1) is 12.0. The lowest BCUT2D eigenvalue weighted by molar-refractivity contribution is -0.117. The molecule has 3 aromatic rings. The van der Waals surface area contributed by atoms with Crippen LogP contribution in [0.2, 0.25) is 10.0 Å². The standard InChI is InChI=1S/C17H15Cl2N5O/c1-10-5-3-4-6-12(10)17-21-23-24(22-17)9-14(25)20-16-13(18)8-7-11(2)15(16)19/h3-8H,9H2,1-2H3,(H,20,25). The van der Waals surface area contributed by atoms with Crippen LogP contribution in [0, 0.1) is 13.8 Å². The number of hydrogen-bond acceptors (Lipinski definition) is 4. The van der Waals surface area contributed by atoms with Crippen LogP contribution in [0.5, 0.6) is 0 Å². The Morgan fingerprint density at radius 2 is 1.88 bits per heavy atom. The van der Waals surface area contributed by atoms with Gasteiger partial charge in [0, 0.05) is 5.56 Å². The second kappa shape index (κ2) is 7.21. The van der Waals surface area contributed by atoms with Crippen LogP contribution in [0.3, 0.4) is 0 Å². The Labute approximate surface area is 154 Å². The van der Waals surface area contributed by atoms with Gasteiger partial charge < -0.3 is 5.32 Å². The molecule has 0 bridgehead atoms. The van der Waals surface area contributed by atoms with Gasteiger partial charge in [-0.3, -0.25) is 4.79 Å². The van der Waals surface area contributed by atoms with E-state index in [4.69, 9.17) is 23.2 Å². The van der Waals surface area contributed by atoms with Gasteiger partial charge in [-0.2, -0.15) is 4.80 Å². The summed E-state index contributed by atoms with van der Waals surface area (Å²) in [7, 11) is 0. The number of tetrazole rings is 1. The first kappa shape index (κ1) is 17.4. The number of halogens is 2. The summed E-state index contributed by atoms with van der Waals surface area (Å²) >= 11 is 12.3. The molecule has 0 aliphatic carbocycles. The molecule has 128 valence electrons. The number of benzene rings is 2. The van der Waals surface area contributed by atoms with Gasteiger partial charge in [-0.05, 0) is 36.3 Å². The van der Waals surface area contributed by atoms with Gasteiger partial charge in [0.15, 0.2) is 0 Å². The average Bonchev–Trinajstić information content (AvgIpc) is 3.04. The van der Waals surface area contributed by atoms with E-state index >= 15 is 0 Å². The molecule has 0 aliphatic rings. The number of nitrogens with zero attached hydrogens (tertiary/aromatic N) is 4. The lowest BCUT2D eigenvalue weighted by Crippen LogP contribution is -2.21. The molecule has 25 heavy (non-hydrogen) atoms. The molecule has 2 aromatic carbocycles. The summed E-state index contributed by atoms with van der Waals surface area (Å²) in [6.07, 6.45) is 0. The normalized spacial score (nSPS) is 10.7. The van der Waals surface area contributed by atoms with Gasteiger partial charge in [-0.25, -0.2) is 0 Å². The van der Waals surface area contributed by atoms with E-state index in [1.165, 1.54) is 4.80 Å². The summed E-state index contributed by atoms with van der Waals surface area (Å²) in [4.78, 5) is 13.5. The number of nitrogens with one attached hydrogen (secondary N) is 1. The van der Waals surface area contributed by atoms with E-state index in [1.54, 1.807) is 12.1 Å². The molecule has 0 saturated carbocycles. The van der Waals surface area contributed by atoms with Crippen molar-refractivity contribution in [1.29, 1.82) is 0 Å². The Bertz CT molecular complexity index is 939. The largest absolute Gasteiger partial charge is 0.322 e. The smallest absolute Gasteiger partial charge is 0.248 e. The minimum atomic E-state index is -0.344. The first-order valence-electron chi connectivity index (χ1n) is 7.54. The molecule has 8 heteroatoms. The molecule has 1 aromatic heterocycles. The Morgan fingerprint density at radius 3 is 2.64 bits per heavy atom. The zero-order valence-corrected chi connectivity index (χ0v) is 15.1.